The summed E-state index contributed by atoms with van der Waals surface area (Å²) in [5.41, 5.74) is 7.38. The van der Waals surface area contributed by atoms with Crippen LogP contribution in [0.5, 0.6) is 0 Å². The molecule has 1 saturated carbocycles. The molecule has 3 unspecified atom stereocenters. The Kier molecular flexibility index (Phi) is 1.57. The quantitative estimate of drug-likeness (QED) is 0.729. The fourth-order valence-electron chi connectivity index (χ4n) is 3.36. The highest BCUT2D eigenvalue weighted by Crippen LogP contribution is 2.66. The zero-order valence-corrected chi connectivity index (χ0v) is 9.43. The van der Waals surface area contributed by atoms with Crippen molar-refractivity contribution in [2.75, 3.05) is 18.9 Å². The van der Waals surface area contributed by atoms with E-state index in [9.17, 15) is 4.79 Å². The van der Waals surface area contributed by atoms with Crippen LogP contribution in [0, 0.1) is 5.41 Å². The van der Waals surface area contributed by atoms with E-state index in [-0.39, 0.29) is 5.91 Å². The van der Waals surface area contributed by atoms with Gasteiger partial charge in [0.1, 0.15) is 0 Å². The minimum absolute atomic E-state index is 0.124. The van der Waals surface area contributed by atoms with Crippen LogP contribution in [0.1, 0.15) is 16.8 Å². The molecule has 0 bridgehead atoms. The number of hydrogen-bond acceptors (Lipinski definition) is 3. The smallest absolute Gasteiger partial charge is 0.254 e. The number of carbonyl (C=O) groups excluding carboxylic acids is 1. The molecular weight excluding hydrogens is 216 g/mol. The minimum Gasteiger partial charge on any atom is -0.399 e. The van der Waals surface area contributed by atoms with Crippen molar-refractivity contribution in [1.82, 2.24) is 4.90 Å². The summed E-state index contributed by atoms with van der Waals surface area (Å²) in [4.78, 5) is 14.3. The van der Waals surface area contributed by atoms with Gasteiger partial charge in [0.25, 0.3) is 5.91 Å². The summed E-state index contributed by atoms with van der Waals surface area (Å²) in [7, 11) is 0. The number of likely N-dealkylation sites (tertiary alicyclic amines) is 1. The topological polar surface area (TPSA) is 55.6 Å². The van der Waals surface area contributed by atoms with E-state index < -0.39 is 0 Å². The first kappa shape index (κ1) is 9.48. The summed E-state index contributed by atoms with van der Waals surface area (Å²) in [5, 5.41) is 0. The van der Waals surface area contributed by atoms with Gasteiger partial charge >= 0.3 is 0 Å². The van der Waals surface area contributed by atoms with Crippen molar-refractivity contribution in [1.29, 1.82) is 0 Å². The Balaban J connectivity index is 1.60. The second kappa shape index (κ2) is 2.82. The third kappa shape index (κ3) is 1.04. The monoisotopic (exact) mass is 230 g/mol. The van der Waals surface area contributed by atoms with Gasteiger partial charge in [0.05, 0.1) is 19.3 Å². The maximum Gasteiger partial charge on any atom is 0.254 e. The van der Waals surface area contributed by atoms with Gasteiger partial charge < -0.3 is 15.4 Å². The predicted octanol–water partition coefficient (Wildman–Crippen LogP) is 0.882. The summed E-state index contributed by atoms with van der Waals surface area (Å²) in [6, 6.07) is 7.90. The number of rotatable bonds is 1. The average molecular weight is 230 g/mol. The molecule has 1 aliphatic carbocycles. The van der Waals surface area contributed by atoms with E-state index in [1.54, 1.807) is 24.3 Å². The van der Waals surface area contributed by atoms with Crippen molar-refractivity contribution in [3.05, 3.63) is 29.8 Å². The zero-order chi connectivity index (χ0) is 11.6. The first-order chi connectivity index (χ1) is 8.22. The standard InChI is InChI=1S/C13H14N2O2/c14-9-3-1-8(2-4-9)12(16)15-10-5-13(10)7-17-6-11(13)15/h1-4,10-11H,5-7,14H2. The van der Waals surface area contributed by atoms with Crippen LogP contribution in [-0.2, 0) is 4.74 Å². The second-order valence-corrected chi connectivity index (χ2v) is 5.32. The first-order valence-corrected chi connectivity index (χ1v) is 5.98. The molecule has 2 saturated heterocycles. The lowest BCUT2D eigenvalue weighted by molar-refractivity contribution is 0.0311. The van der Waals surface area contributed by atoms with Gasteiger partial charge in [-0.1, -0.05) is 0 Å². The van der Waals surface area contributed by atoms with E-state index in [4.69, 9.17) is 10.5 Å². The van der Waals surface area contributed by atoms with Gasteiger partial charge in [0, 0.05) is 22.7 Å². The van der Waals surface area contributed by atoms with Crippen molar-refractivity contribution in [3.8, 4) is 0 Å². The molecule has 3 atom stereocenters. The Labute approximate surface area is 99.3 Å². The lowest BCUT2D eigenvalue weighted by Crippen LogP contribution is -2.58. The van der Waals surface area contributed by atoms with Crippen LogP contribution in [0.25, 0.3) is 0 Å². The fraction of sp³-hybridized carbons (Fsp3) is 0.462. The number of nitrogens with two attached hydrogens (primary N) is 1. The minimum atomic E-state index is 0.124. The van der Waals surface area contributed by atoms with Crippen molar-refractivity contribution in [2.45, 2.75) is 18.5 Å². The molecule has 2 N–H and O–H groups in total. The van der Waals surface area contributed by atoms with Crippen LogP contribution in [0.2, 0.25) is 0 Å². The molecule has 3 aliphatic rings. The normalized spacial score (nSPS) is 37.1. The number of benzene rings is 1. The van der Waals surface area contributed by atoms with Gasteiger partial charge in [-0.05, 0) is 30.7 Å². The number of nitrogen functional groups attached to an aromatic ring is 1. The molecule has 1 aromatic rings. The maximum absolute atomic E-state index is 12.3. The SMILES string of the molecule is Nc1ccc(C(=O)N2C3COCC34CC24)cc1. The van der Waals surface area contributed by atoms with E-state index in [0.717, 1.165) is 18.6 Å². The van der Waals surface area contributed by atoms with Crippen molar-refractivity contribution in [3.63, 3.8) is 0 Å². The van der Waals surface area contributed by atoms with Gasteiger partial charge in [-0.2, -0.15) is 0 Å². The number of amides is 1. The van der Waals surface area contributed by atoms with Gasteiger partial charge in [0.2, 0.25) is 0 Å². The fourth-order valence-corrected chi connectivity index (χ4v) is 3.36. The maximum atomic E-state index is 12.3. The number of ether oxygens (including phenoxy) is 1. The molecule has 1 aromatic carbocycles. The molecule has 0 aromatic heterocycles. The number of hydrogen-bond donors (Lipinski definition) is 1. The van der Waals surface area contributed by atoms with Crippen molar-refractivity contribution < 1.29 is 9.53 Å². The number of anilines is 1. The third-order valence-corrected chi connectivity index (χ3v) is 4.45. The largest absolute Gasteiger partial charge is 0.399 e. The lowest BCUT2D eigenvalue weighted by atomic mass is 9.89. The summed E-state index contributed by atoms with van der Waals surface area (Å²) >= 11 is 0. The number of nitrogens with zero attached hydrogens (tertiary/aromatic N) is 1. The molecule has 1 amide bonds. The van der Waals surface area contributed by atoms with Crippen LogP contribution in [-0.4, -0.2) is 36.1 Å². The summed E-state index contributed by atoms with van der Waals surface area (Å²) in [6.07, 6.45) is 1.12. The molecule has 17 heavy (non-hydrogen) atoms. The number of carbonyl (C=O) groups is 1. The molecule has 1 spiro atoms. The summed E-state index contributed by atoms with van der Waals surface area (Å²) in [5.74, 6) is 0.124. The van der Waals surface area contributed by atoms with Crippen LogP contribution in [0.4, 0.5) is 5.69 Å². The van der Waals surface area contributed by atoms with E-state index in [1.165, 1.54) is 0 Å². The van der Waals surface area contributed by atoms with Crippen LogP contribution >= 0.6 is 0 Å². The zero-order valence-electron chi connectivity index (χ0n) is 9.43. The molecule has 4 rings (SSSR count). The van der Waals surface area contributed by atoms with Crippen molar-refractivity contribution >= 4 is 11.6 Å². The summed E-state index contributed by atoms with van der Waals surface area (Å²) < 4.78 is 5.50. The Morgan fingerprint density at radius 3 is 2.88 bits per heavy atom. The molecule has 3 fully saturated rings. The second-order valence-electron chi connectivity index (χ2n) is 5.32. The Morgan fingerprint density at radius 2 is 2.12 bits per heavy atom. The van der Waals surface area contributed by atoms with Gasteiger partial charge in [0.15, 0.2) is 0 Å². The molecule has 4 heteroatoms. The van der Waals surface area contributed by atoms with E-state index in [0.29, 0.717) is 29.8 Å². The summed E-state index contributed by atoms with van der Waals surface area (Å²) in [6.45, 7) is 1.55. The van der Waals surface area contributed by atoms with Crippen LogP contribution in [0.3, 0.4) is 0 Å². The highest BCUT2D eigenvalue weighted by Gasteiger charge is 2.76. The Bertz CT molecular complexity index is 499. The Hall–Kier alpha value is -1.55. The van der Waals surface area contributed by atoms with E-state index in [1.807, 2.05) is 4.90 Å². The lowest BCUT2D eigenvalue weighted by Gasteiger charge is -2.42. The van der Waals surface area contributed by atoms with Crippen LogP contribution < -0.4 is 5.73 Å². The average Bonchev–Trinajstić information content (AvgIpc) is 2.74. The highest BCUT2D eigenvalue weighted by atomic mass is 16.5. The van der Waals surface area contributed by atoms with Crippen molar-refractivity contribution in [2.24, 2.45) is 5.41 Å². The van der Waals surface area contributed by atoms with Gasteiger partial charge in [-0.15, -0.1) is 0 Å². The highest BCUT2D eigenvalue weighted by molar-refractivity contribution is 5.96. The predicted molar refractivity (Wildman–Crippen MR) is 62.5 cm³/mol. The molecule has 4 nitrogen and oxygen atoms in total. The molecule has 2 heterocycles. The molecule has 2 aliphatic heterocycles. The molecular formula is C13H14N2O2. The van der Waals surface area contributed by atoms with Gasteiger partial charge in [-0.3, -0.25) is 4.79 Å². The van der Waals surface area contributed by atoms with Crippen LogP contribution in [0.15, 0.2) is 24.3 Å². The molecule has 88 valence electrons. The Morgan fingerprint density at radius 1 is 1.35 bits per heavy atom. The van der Waals surface area contributed by atoms with E-state index in [2.05, 4.69) is 0 Å². The third-order valence-electron chi connectivity index (χ3n) is 4.45. The van der Waals surface area contributed by atoms with E-state index >= 15 is 0 Å². The first-order valence-electron chi connectivity index (χ1n) is 5.98. The van der Waals surface area contributed by atoms with Gasteiger partial charge in [-0.25, -0.2) is 0 Å². The molecule has 0 radical (unpaired) electrons.